The first-order chi connectivity index (χ1) is 7.93. The minimum Gasteiger partial charge on any atom is -0.326 e. The van der Waals surface area contributed by atoms with E-state index < -0.39 is 8.24 Å². The number of nitrogens with zero attached hydrogens (tertiary/aromatic N) is 1. The molecular formula is C15H35NSi. The third-order valence-electron chi connectivity index (χ3n) is 5.34. The van der Waals surface area contributed by atoms with Crippen molar-refractivity contribution in [2.75, 3.05) is 13.6 Å². The van der Waals surface area contributed by atoms with Crippen molar-refractivity contribution in [3.63, 3.8) is 0 Å². The Morgan fingerprint density at radius 2 is 1.06 bits per heavy atom. The van der Waals surface area contributed by atoms with Crippen LogP contribution < -0.4 is 0 Å². The van der Waals surface area contributed by atoms with Gasteiger partial charge in [0.25, 0.3) is 0 Å². The Balaban J connectivity index is 5.51. The van der Waals surface area contributed by atoms with E-state index in [0.717, 1.165) is 16.6 Å². The Kier molecular flexibility index (Phi) is 7.66. The third-order valence-corrected chi connectivity index (χ3v) is 12.9. The summed E-state index contributed by atoms with van der Waals surface area (Å²) in [6.07, 6.45) is 4.02. The van der Waals surface area contributed by atoms with E-state index in [-0.39, 0.29) is 0 Å². The second kappa shape index (κ2) is 7.58. The fourth-order valence-corrected chi connectivity index (χ4v) is 11.5. The van der Waals surface area contributed by atoms with Crippen molar-refractivity contribution < 1.29 is 0 Å². The number of rotatable bonds is 8. The lowest BCUT2D eigenvalue weighted by Gasteiger charge is -2.51. The van der Waals surface area contributed by atoms with Gasteiger partial charge in [0.15, 0.2) is 0 Å². The molecular weight excluding hydrogens is 222 g/mol. The summed E-state index contributed by atoms with van der Waals surface area (Å²) in [6, 6.07) is 0. The molecule has 3 unspecified atom stereocenters. The zero-order chi connectivity index (χ0) is 13.6. The van der Waals surface area contributed by atoms with Gasteiger partial charge < -0.3 is 4.57 Å². The van der Waals surface area contributed by atoms with E-state index in [4.69, 9.17) is 0 Å². The van der Waals surface area contributed by atoms with Crippen LogP contribution in [0.2, 0.25) is 16.6 Å². The average molecular weight is 258 g/mol. The van der Waals surface area contributed by atoms with E-state index >= 15 is 0 Å². The molecule has 17 heavy (non-hydrogen) atoms. The van der Waals surface area contributed by atoms with Gasteiger partial charge in [-0.2, -0.15) is 0 Å². The van der Waals surface area contributed by atoms with Gasteiger partial charge >= 0.3 is 0 Å². The molecule has 0 aliphatic heterocycles. The van der Waals surface area contributed by atoms with Gasteiger partial charge in [-0.1, -0.05) is 67.7 Å². The fraction of sp³-hybridized carbons (Fsp3) is 1.00. The molecule has 0 fully saturated rings. The summed E-state index contributed by atoms with van der Waals surface area (Å²) in [5.41, 5.74) is 2.70. The zero-order valence-electron chi connectivity index (χ0n) is 13.5. The van der Waals surface area contributed by atoms with Crippen molar-refractivity contribution in [2.45, 2.75) is 84.4 Å². The van der Waals surface area contributed by atoms with E-state index in [1.165, 1.54) is 25.8 Å². The second-order valence-electron chi connectivity index (χ2n) is 5.83. The van der Waals surface area contributed by atoms with Crippen LogP contribution in [0.4, 0.5) is 0 Å². The molecule has 0 N–H and O–H groups in total. The summed E-state index contributed by atoms with van der Waals surface area (Å²) in [7, 11) is 1.01. The van der Waals surface area contributed by atoms with Crippen LogP contribution in [-0.2, 0) is 0 Å². The lowest BCUT2D eigenvalue weighted by Crippen LogP contribution is -2.59. The highest BCUT2D eigenvalue weighted by atomic mass is 28.3. The molecule has 0 heterocycles. The van der Waals surface area contributed by atoms with Crippen molar-refractivity contribution in [3.8, 4) is 0 Å². The highest BCUT2D eigenvalue weighted by molar-refractivity contribution is 6.81. The molecule has 0 aromatic heterocycles. The lowest BCUT2D eigenvalue weighted by molar-refractivity contribution is 0.461. The van der Waals surface area contributed by atoms with E-state index in [0.29, 0.717) is 0 Å². The molecule has 2 heteroatoms. The quantitative estimate of drug-likeness (QED) is 0.534. The van der Waals surface area contributed by atoms with Crippen LogP contribution in [0.3, 0.4) is 0 Å². The Labute approximate surface area is 111 Å². The summed E-state index contributed by atoms with van der Waals surface area (Å²) in [5, 5.41) is 0. The maximum Gasteiger partial charge on any atom is 0.136 e. The van der Waals surface area contributed by atoms with E-state index in [1.54, 1.807) is 0 Å². The summed E-state index contributed by atoms with van der Waals surface area (Å²) in [6.45, 7) is 18.2. The first kappa shape index (κ1) is 17.2. The molecule has 0 rings (SSSR count). The van der Waals surface area contributed by atoms with E-state index in [2.05, 4.69) is 60.1 Å². The van der Waals surface area contributed by atoms with Crippen LogP contribution in [0.1, 0.15) is 67.7 Å². The molecule has 0 aliphatic carbocycles. The molecule has 3 atom stereocenters. The Hall–Kier alpha value is 0.177. The Morgan fingerprint density at radius 1 is 0.765 bits per heavy atom. The van der Waals surface area contributed by atoms with Crippen LogP contribution in [0, 0.1) is 0 Å². The van der Waals surface area contributed by atoms with E-state index in [9.17, 15) is 0 Å². The van der Waals surface area contributed by atoms with Crippen LogP contribution in [0.25, 0.3) is 0 Å². The van der Waals surface area contributed by atoms with Gasteiger partial charge in [0.1, 0.15) is 8.24 Å². The predicted octanol–water partition coefficient (Wildman–Crippen LogP) is 5.28. The minimum atomic E-state index is -1.38. The molecule has 0 bridgehead atoms. The van der Waals surface area contributed by atoms with Crippen LogP contribution in [-0.4, -0.2) is 26.4 Å². The Bertz CT molecular complexity index is 160. The van der Waals surface area contributed by atoms with Crippen molar-refractivity contribution in [2.24, 2.45) is 0 Å². The lowest BCUT2D eigenvalue weighted by atomic mass is 10.3. The first-order valence-corrected chi connectivity index (χ1v) is 9.82. The van der Waals surface area contributed by atoms with Crippen LogP contribution >= 0.6 is 0 Å². The zero-order valence-corrected chi connectivity index (χ0v) is 14.5. The van der Waals surface area contributed by atoms with Gasteiger partial charge in [-0.05, 0) is 30.2 Å². The van der Waals surface area contributed by atoms with Crippen LogP contribution in [0.5, 0.6) is 0 Å². The van der Waals surface area contributed by atoms with Gasteiger partial charge in [-0.15, -0.1) is 0 Å². The molecule has 0 radical (unpaired) electrons. The molecule has 0 aromatic rings. The predicted molar refractivity (Wildman–Crippen MR) is 83.2 cm³/mol. The van der Waals surface area contributed by atoms with Crippen molar-refractivity contribution in [1.82, 2.24) is 4.57 Å². The highest BCUT2D eigenvalue weighted by Crippen LogP contribution is 2.47. The SMILES string of the molecule is CCC(C)[Si](C(C)CC)(C(C)CC)N(C)CC. The molecule has 0 aliphatic rings. The number of hydrogen-bond acceptors (Lipinski definition) is 1. The molecule has 1 nitrogen and oxygen atoms in total. The monoisotopic (exact) mass is 257 g/mol. The van der Waals surface area contributed by atoms with Crippen LogP contribution in [0.15, 0.2) is 0 Å². The number of hydrogen-bond donors (Lipinski definition) is 0. The maximum absolute atomic E-state index is 2.77. The summed E-state index contributed by atoms with van der Waals surface area (Å²) in [4.78, 5) is 0. The summed E-state index contributed by atoms with van der Waals surface area (Å²) in [5.74, 6) is 0. The van der Waals surface area contributed by atoms with Gasteiger partial charge in [0.2, 0.25) is 0 Å². The van der Waals surface area contributed by atoms with Gasteiger partial charge in [0.05, 0.1) is 0 Å². The van der Waals surface area contributed by atoms with Gasteiger partial charge in [-0.3, -0.25) is 0 Å². The minimum absolute atomic E-state index is 0.900. The smallest absolute Gasteiger partial charge is 0.136 e. The molecule has 0 saturated carbocycles. The summed E-state index contributed by atoms with van der Waals surface area (Å²) >= 11 is 0. The van der Waals surface area contributed by atoms with Gasteiger partial charge in [-0.25, -0.2) is 0 Å². The van der Waals surface area contributed by atoms with Crippen molar-refractivity contribution in [1.29, 1.82) is 0 Å². The molecule has 104 valence electrons. The molecule has 0 amide bonds. The topological polar surface area (TPSA) is 3.24 Å². The second-order valence-corrected chi connectivity index (χ2v) is 11.3. The normalized spacial score (nSPS) is 21.0. The van der Waals surface area contributed by atoms with Crippen molar-refractivity contribution in [3.05, 3.63) is 0 Å². The highest BCUT2D eigenvalue weighted by Gasteiger charge is 2.48. The Morgan fingerprint density at radius 3 is 1.24 bits per heavy atom. The first-order valence-electron chi connectivity index (χ1n) is 7.64. The third kappa shape index (κ3) is 3.14. The van der Waals surface area contributed by atoms with Crippen molar-refractivity contribution >= 4 is 8.24 Å². The molecule has 0 saturated heterocycles. The fourth-order valence-electron chi connectivity index (χ4n) is 3.84. The molecule has 0 aromatic carbocycles. The molecule has 0 spiro atoms. The van der Waals surface area contributed by atoms with E-state index in [1.807, 2.05) is 0 Å². The maximum atomic E-state index is 2.77. The summed E-state index contributed by atoms with van der Waals surface area (Å²) < 4.78 is 2.77. The largest absolute Gasteiger partial charge is 0.326 e. The average Bonchev–Trinajstić information content (AvgIpc) is 2.37. The van der Waals surface area contributed by atoms with Gasteiger partial charge in [0, 0.05) is 0 Å². The standard InChI is InChI=1S/C15H35NSi/c1-9-13(5)17(14(6)10-2,15(7)11-3)16(8)12-4/h13-15H,9-12H2,1-8H3.